The highest BCUT2D eigenvalue weighted by Crippen LogP contribution is 2.28. The van der Waals surface area contributed by atoms with E-state index < -0.39 is 0 Å². The maximum atomic E-state index is 12.9. The monoisotopic (exact) mass is 364 g/mol. The summed E-state index contributed by atoms with van der Waals surface area (Å²) in [6.07, 6.45) is 1.56. The number of hydrogen-bond acceptors (Lipinski definition) is 2. The number of aromatic nitrogens is 2. The van der Waals surface area contributed by atoms with Gasteiger partial charge in [-0.15, -0.1) is 0 Å². The molecule has 1 aromatic heterocycles. The molecule has 0 atom stereocenters. The summed E-state index contributed by atoms with van der Waals surface area (Å²) in [4.78, 5) is 8.19. The molecule has 0 amide bonds. The predicted molar refractivity (Wildman–Crippen MR) is 67.8 cm³/mol. The molecule has 82 valence electrons. The Labute approximate surface area is 113 Å². The Hall–Kier alpha value is -0.520. The second-order valence-corrected chi connectivity index (χ2v) is 5.02. The highest BCUT2D eigenvalue weighted by molar-refractivity contribution is 9.11. The first-order valence-electron chi connectivity index (χ1n) is 4.21. The molecule has 0 N–H and O–H groups in total. The predicted octanol–water partition coefficient (Wildman–Crippen LogP) is 4.46. The van der Waals surface area contributed by atoms with Crippen molar-refractivity contribution in [1.82, 2.24) is 9.97 Å². The van der Waals surface area contributed by atoms with E-state index in [1.54, 1.807) is 12.3 Å². The maximum absolute atomic E-state index is 12.9. The first-order chi connectivity index (χ1) is 7.58. The van der Waals surface area contributed by atoms with Gasteiger partial charge < -0.3 is 0 Å². The topological polar surface area (TPSA) is 25.8 Å². The molecular formula is C10H4Br2ClFN2. The lowest BCUT2D eigenvalue weighted by atomic mass is 10.2. The van der Waals surface area contributed by atoms with E-state index in [1.807, 2.05) is 0 Å². The molecule has 0 aliphatic carbocycles. The summed E-state index contributed by atoms with van der Waals surface area (Å²) in [7, 11) is 0. The zero-order valence-corrected chi connectivity index (χ0v) is 11.6. The van der Waals surface area contributed by atoms with Gasteiger partial charge in [0.1, 0.15) is 11.0 Å². The summed E-state index contributed by atoms with van der Waals surface area (Å²) in [6, 6.07) is 4.30. The van der Waals surface area contributed by atoms with Crippen molar-refractivity contribution in [1.29, 1.82) is 0 Å². The van der Waals surface area contributed by atoms with Crippen LogP contribution in [-0.2, 0) is 0 Å². The van der Waals surface area contributed by atoms with Gasteiger partial charge in [-0.1, -0.05) is 11.6 Å². The van der Waals surface area contributed by atoms with Crippen molar-refractivity contribution >= 4 is 43.5 Å². The van der Waals surface area contributed by atoms with E-state index in [0.717, 1.165) is 0 Å². The molecule has 0 spiro atoms. The van der Waals surface area contributed by atoms with Gasteiger partial charge in [-0.2, -0.15) is 0 Å². The lowest BCUT2D eigenvalue weighted by Gasteiger charge is -2.04. The number of nitrogens with zero attached hydrogens (tertiary/aromatic N) is 2. The standard InChI is InChI=1S/C10H4Br2ClFN2/c11-7-3-5(14)1-2-6(7)10-15-4-8(12)9(13)16-10/h1-4H. The second kappa shape index (κ2) is 4.77. The Morgan fingerprint density at radius 2 is 1.94 bits per heavy atom. The van der Waals surface area contributed by atoms with Gasteiger partial charge in [0.2, 0.25) is 0 Å². The molecule has 0 radical (unpaired) electrons. The summed E-state index contributed by atoms with van der Waals surface area (Å²) in [6.45, 7) is 0. The zero-order valence-electron chi connectivity index (χ0n) is 7.72. The second-order valence-electron chi connectivity index (χ2n) is 2.96. The van der Waals surface area contributed by atoms with Gasteiger partial charge >= 0.3 is 0 Å². The van der Waals surface area contributed by atoms with Gasteiger partial charge in [0.15, 0.2) is 5.82 Å². The van der Waals surface area contributed by atoms with Crippen molar-refractivity contribution in [2.45, 2.75) is 0 Å². The third-order valence-electron chi connectivity index (χ3n) is 1.87. The molecule has 6 heteroatoms. The van der Waals surface area contributed by atoms with Gasteiger partial charge in [0, 0.05) is 16.2 Å². The van der Waals surface area contributed by atoms with Crippen LogP contribution in [0.5, 0.6) is 0 Å². The van der Waals surface area contributed by atoms with E-state index >= 15 is 0 Å². The van der Waals surface area contributed by atoms with E-state index in [9.17, 15) is 4.39 Å². The van der Waals surface area contributed by atoms with Crippen LogP contribution in [0.25, 0.3) is 11.4 Å². The molecular weight excluding hydrogens is 362 g/mol. The summed E-state index contributed by atoms with van der Waals surface area (Å²) >= 11 is 12.3. The Balaban J connectivity index is 2.54. The van der Waals surface area contributed by atoms with Crippen molar-refractivity contribution in [3.8, 4) is 11.4 Å². The molecule has 2 nitrogen and oxygen atoms in total. The van der Waals surface area contributed by atoms with Crippen molar-refractivity contribution in [3.63, 3.8) is 0 Å². The molecule has 2 rings (SSSR count). The van der Waals surface area contributed by atoms with Crippen LogP contribution < -0.4 is 0 Å². The fourth-order valence-electron chi connectivity index (χ4n) is 1.15. The largest absolute Gasteiger partial charge is 0.235 e. The minimum absolute atomic E-state index is 0.321. The quantitative estimate of drug-likeness (QED) is 0.697. The molecule has 1 heterocycles. The van der Waals surface area contributed by atoms with E-state index in [4.69, 9.17) is 11.6 Å². The highest BCUT2D eigenvalue weighted by atomic mass is 79.9. The number of rotatable bonds is 1. The zero-order chi connectivity index (χ0) is 11.7. The first-order valence-corrected chi connectivity index (χ1v) is 6.18. The van der Waals surface area contributed by atoms with E-state index in [0.29, 0.717) is 25.5 Å². The molecule has 1 aromatic carbocycles. The van der Waals surface area contributed by atoms with Crippen LogP contribution >= 0.6 is 43.5 Å². The van der Waals surface area contributed by atoms with E-state index in [1.165, 1.54) is 12.1 Å². The van der Waals surface area contributed by atoms with E-state index in [-0.39, 0.29) is 5.82 Å². The smallest absolute Gasteiger partial charge is 0.162 e. The normalized spacial score (nSPS) is 10.5. The maximum Gasteiger partial charge on any atom is 0.162 e. The van der Waals surface area contributed by atoms with Crippen molar-refractivity contribution in [2.75, 3.05) is 0 Å². The lowest BCUT2D eigenvalue weighted by Crippen LogP contribution is -1.91. The summed E-state index contributed by atoms with van der Waals surface area (Å²) in [5.41, 5.74) is 0.691. The average Bonchev–Trinajstić information content (AvgIpc) is 2.22. The van der Waals surface area contributed by atoms with Gasteiger partial charge in [0.05, 0.1) is 4.47 Å². The Bertz CT molecular complexity index is 548. The lowest BCUT2D eigenvalue weighted by molar-refractivity contribution is 0.627. The van der Waals surface area contributed by atoms with Crippen LogP contribution in [0.3, 0.4) is 0 Å². The summed E-state index contributed by atoms with van der Waals surface area (Å²) in [5, 5.41) is 0.321. The number of benzene rings is 1. The molecule has 0 bridgehead atoms. The minimum Gasteiger partial charge on any atom is -0.235 e. The average molecular weight is 366 g/mol. The van der Waals surface area contributed by atoms with Crippen LogP contribution in [0, 0.1) is 5.82 Å². The molecule has 2 aromatic rings. The van der Waals surface area contributed by atoms with E-state index in [2.05, 4.69) is 41.8 Å². The van der Waals surface area contributed by atoms with Crippen LogP contribution in [0.1, 0.15) is 0 Å². The minimum atomic E-state index is -0.321. The SMILES string of the molecule is Fc1ccc(-c2ncc(Br)c(Cl)n2)c(Br)c1. The fraction of sp³-hybridized carbons (Fsp3) is 0. The molecule has 0 saturated heterocycles. The first kappa shape index (κ1) is 12.0. The number of halogens is 4. The van der Waals surface area contributed by atoms with Crippen molar-refractivity contribution in [2.24, 2.45) is 0 Å². The van der Waals surface area contributed by atoms with Gasteiger partial charge in [0.25, 0.3) is 0 Å². The molecule has 0 aliphatic rings. The van der Waals surface area contributed by atoms with Crippen LogP contribution in [0.15, 0.2) is 33.3 Å². The Morgan fingerprint density at radius 3 is 2.56 bits per heavy atom. The third kappa shape index (κ3) is 2.42. The summed E-state index contributed by atoms with van der Waals surface area (Å²) in [5.74, 6) is 0.124. The van der Waals surface area contributed by atoms with Crippen LogP contribution in [0.4, 0.5) is 4.39 Å². The van der Waals surface area contributed by atoms with Gasteiger partial charge in [-0.05, 0) is 50.1 Å². The molecule has 0 unspecified atom stereocenters. The Morgan fingerprint density at radius 1 is 1.19 bits per heavy atom. The molecule has 0 saturated carbocycles. The van der Waals surface area contributed by atoms with Crippen molar-refractivity contribution < 1.29 is 4.39 Å². The van der Waals surface area contributed by atoms with Crippen LogP contribution in [0.2, 0.25) is 5.15 Å². The van der Waals surface area contributed by atoms with Crippen LogP contribution in [-0.4, -0.2) is 9.97 Å². The van der Waals surface area contributed by atoms with Gasteiger partial charge in [-0.25, -0.2) is 14.4 Å². The van der Waals surface area contributed by atoms with Crippen molar-refractivity contribution in [3.05, 3.63) is 44.3 Å². The molecule has 0 aliphatic heterocycles. The molecule has 16 heavy (non-hydrogen) atoms. The third-order valence-corrected chi connectivity index (χ3v) is 3.63. The molecule has 0 fully saturated rings. The Kier molecular flexibility index (Phi) is 3.56. The highest BCUT2D eigenvalue weighted by Gasteiger charge is 2.09. The van der Waals surface area contributed by atoms with Gasteiger partial charge in [-0.3, -0.25) is 0 Å². The fourth-order valence-corrected chi connectivity index (χ4v) is 1.99. The number of hydrogen-bond donors (Lipinski definition) is 0. The summed E-state index contributed by atoms with van der Waals surface area (Å²) < 4.78 is 14.1.